The molecule has 1 unspecified atom stereocenters. The van der Waals surface area contributed by atoms with E-state index in [-0.39, 0.29) is 5.56 Å². The van der Waals surface area contributed by atoms with Crippen molar-refractivity contribution in [1.82, 2.24) is 14.9 Å². The van der Waals surface area contributed by atoms with E-state index in [1.807, 2.05) is 0 Å². The Morgan fingerprint density at radius 1 is 1.38 bits per heavy atom. The monoisotopic (exact) mass is 241 g/mol. The van der Waals surface area contributed by atoms with Crippen LogP contribution in [0.4, 0.5) is 8.78 Å². The number of nitrogens with zero attached hydrogens (tertiary/aromatic N) is 2. The summed E-state index contributed by atoms with van der Waals surface area (Å²) in [6.07, 6.45) is 0. The number of aromatic nitrogens is 2. The zero-order valence-electron chi connectivity index (χ0n) is 8.45. The van der Waals surface area contributed by atoms with Crippen LogP contribution in [-0.2, 0) is 0 Å². The fourth-order valence-corrected chi connectivity index (χ4v) is 1.98. The van der Waals surface area contributed by atoms with E-state index in [1.165, 1.54) is 11.5 Å². The molecule has 2 aromatic rings. The minimum atomic E-state index is -0.477. The minimum Gasteiger partial charge on any atom is -0.308 e. The summed E-state index contributed by atoms with van der Waals surface area (Å²) in [6.45, 7) is 0. The van der Waals surface area contributed by atoms with Crippen LogP contribution in [0.1, 0.15) is 17.3 Å². The lowest BCUT2D eigenvalue weighted by molar-refractivity contribution is 0.553. The smallest absolute Gasteiger partial charge is 0.128 e. The number of halogens is 2. The van der Waals surface area contributed by atoms with Crippen LogP contribution < -0.4 is 5.32 Å². The highest BCUT2D eigenvalue weighted by atomic mass is 32.1. The normalized spacial score (nSPS) is 12.7. The quantitative estimate of drug-likeness (QED) is 0.894. The Balaban J connectivity index is 2.44. The van der Waals surface area contributed by atoms with Gasteiger partial charge in [0, 0.05) is 10.9 Å². The van der Waals surface area contributed by atoms with Gasteiger partial charge in [-0.25, -0.2) is 8.78 Å². The molecule has 0 spiro atoms. The Bertz CT molecular complexity index is 473. The number of nitrogens with one attached hydrogen (secondary N) is 1. The first-order valence-corrected chi connectivity index (χ1v) is 5.45. The summed E-state index contributed by atoms with van der Waals surface area (Å²) in [5, 5.41) is 8.44. The molecule has 0 aliphatic heterocycles. The average molecular weight is 241 g/mol. The maximum atomic E-state index is 13.5. The van der Waals surface area contributed by atoms with Crippen molar-refractivity contribution >= 4 is 11.5 Å². The Labute approximate surface area is 95.3 Å². The molecule has 16 heavy (non-hydrogen) atoms. The van der Waals surface area contributed by atoms with Crippen molar-refractivity contribution in [3.63, 3.8) is 0 Å². The van der Waals surface area contributed by atoms with Gasteiger partial charge in [0.25, 0.3) is 0 Å². The van der Waals surface area contributed by atoms with Crippen LogP contribution in [0, 0.1) is 11.6 Å². The van der Waals surface area contributed by atoms with E-state index in [2.05, 4.69) is 14.9 Å². The van der Waals surface area contributed by atoms with E-state index in [0.717, 1.165) is 18.2 Å². The van der Waals surface area contributed by atoms with Crippen molar-refractivity contribution < 1.29 is 8.78 Å². The first-order chi connectivity index (χ1) is 7.72. The second-order valence-corrected chi connectivity index (χ2v) is 3.83. The van der Waals surface area contributed by atoms with Crippen LogP contribution in [0.5, 0.6) is 0 Å². The number of hydrogen-bond acceptors (Lipinski definition) is 4. The molecule has 0 aliphatic carbocycles. The van der Waals surface area contributed by atoms with Gasteiger partial charge in [-0.05, 0) is 36.8 Å². The standard InChI is InChI=1S/C10H9F2N3S/c1-13-10(9-5-16-15-14-9)7-4-6(11)2-3-8(7)12/h2-5,10,13H,1H3. The summed E-state index contributed by atoms with van der Waals surface area (Å²) in [5.41, 5.74) is 0.812. The number of rotatable bonds is 3. The summed E-state index contributed by atoms with van der Waals surface area (Å²) < 4.78 is 30.3. The molecule has 2 rings (SSSR count). The molecule has 0 aliphatic rings. The summed E-state index contributed by atoms with van der Waals surface area (Å²) >= 11 is 1.17. The molecule has 1 heterocycles. The van der Waals surface area contributed by atoms with Gasteiger partial charge in [-0.1, -0.05) is 4.49 Å². The van der Waals surface area contributed by atoms with Crippen molar-refractivity contribution in [2.75, 3.05) is 7.05 Å². The summed E-state index contributed by atoms with van der Waals surface area (Å²) in [7, 11) is 1.66. The van der Waals surface area contributed by atoms with Crippen molar-refractivity contribution in [2.45, 2.75) is 6.04 Å². The van der Waals surface area contributed by atoms with Gasteiger partial charge in [0.2, 0.25) is 0 Å². The predicted molar refractivity (Wildman–Crippen MR) is 57.2 cm³/mol. The molecule has 1 aromatic heterocycles. The van der Waals surface area contributed by atoms with Gasteiger partial charge in [-0.15, -0.1) is 5.10 Å². The van der Waals surface area contributed by atoms with E-state index in [0.29, 0.717) is 5.69 Å². The van der Waals surface area contributed by atoms with Crippen molar-refractivity contribution in [2.24, 2.45) is 0 Å². The summed E-state index contributed by atoms with van der Waals surface area (Å²) in [5.74, 6) is -0.936. The molecule has 0 bridgehead atoms. The van der Waals surface area contributed by atoms with Crippen LogP contribution >= 0.6 is 11.5 Å². The van der Waals surface area contributed by atoms with Crippen LogP contribution in [0.3, 0.4) is 0 Å². The lowest BCUT2D eigenvalue weighted by Crippen LogP contribution is -2.19. The molecule has 1 N–H and O–H groups in total. The number of benzene rings is 1. The fraction of sp³-hybridized carbons (Fsp3) is 0.200. The molecule has 0 radical (unpaired) electrons. The van der Waals surface area contributed by atoms with Crippen LogP contribution in [-0.4, -0.2) is 16.6 Å². The summed E-state index contributed by atoms with van der Waals surface area (Å²) in [6, 6.07) is 2.88. The molecule has 0 saturated heterocycles. The van der Waals surface area contributed by atoms with E-state index in [1.54, 1.807) is 12.4 Å². The average Bonchev–Trinajstić information content (AvgIpc) is 2.78. The highest BCUT2D eigenvalue weighted by Gasteiger charge is 2.19. The maximum Gasteiger partial charge on any atom is 0.128 e. The maximum absolute atomic E-state index is 13.5. The third-order valence-electron chi connectivity index (χ3n) is 2.23. The lowest BCUT2D eigenvalue weighted by Gasteiger charge is -2.14. The van der Waals surface area contributed by atoms with Gasteiger partial charge in [-0.3, -0.25) is 0 Å². The molecule has 0 fully saturated rings. The third-order valence-corrected chi connectivity index (χ3v) is 2.75. The molecule has 0 saturated carbocycles. The molecule has 84 valence electrons. The van der Waals surface area contributed by atoms with Gasteiger partial charge < -0.3 is 5.32 Å². The largest absolute Gasteiger partial charge is 0.308 e. The first-order valence-electron chi connectivity index (χ1n) is 4.61. The third kappa shape index (κ3) is 2.07. The predicted octanol–water partition coefficient (Wildman–Crippen LogP) is 2.13. The summed E-state index contributed by atoms with van der Waals surface area (Å²) in [4.78, 5) is 0. The second kappa shape index (κ2) is 4.63. The van der Waals surface area contributed by atoms with Crippen LogP contribution in [0.15, 0.2) is 23.6 Å². The minimum absolute atomic E-state index is 0.232. The highest BCUT2D eigenvalue weighted by Crippen LogP contribution is 2.23. The van der Waals surface area contributed by atoms with Crippen molar-refractivity contribution in [3.05, 3.63) is 46.5 Å². The Kier molecular flexibility index (Phi) is 3.21. The molecular weight excluding hydrogens is 232 g/mol. The van der Waals surface area contributed by atoms with E-state index in [4.69, 9.17) is 0 Å². The van der Waals surface area contributed by atoms with Crippen LogP contribution in [0.2, 0.25) is 0 Å². The van der Waals surface area contributed by atoms with E-state index >= 15 is 0 Å². The van der Waals surface area contributed by atoms with Crippen LogP contribution in [0.25, 0.3) is 0 Å². The molecular formula is C10H9F2N3S. The SMILES string of the molecule is CNC(c1csnn1)c1cc(F)ccc1F. The Hall–Kier alpha value is -1.40. The van der Waals surface area contributed by atoms with Gasteiger partial charge in [0.05, 0.1) is 11.7 Å². The Morgan fingerprint density at radius 2 is 2.19 bits per heavy atom. The zero-order valence-corrected chi connectivity index (χ0v) is 9.26. The van der Waals surface area contributed by atoms with Crippen molar-refractivity contribution in [3.8, 4) is 0 Å². The van der Waals surface area contributed by atoms with Crippen molar-refractivity contribution in [1.29, 1.82) is 0 Å². The molecule has 1 atom stereocenters. The number of hydrogen-bond donors (Lipinski definition) is 1. The van der Waals surface area contributed by atoms with E-state index < -0.39 is 17.7 Å². The van der Waals surface area contributed by atoms with Gasteiger partial charge in [0.1, 0.15) is 11.6 Å². The second-order valence-electron chi connectivity index (χ2n) is 3.22. The first kappa shape index (κ1) is 11.1. The van der Waals surface area contributed by atoms with Gasteiger partial charge >= 0.3 is 0 Å². The topological polar surface area (TPSA) is 37.8 Å². The molecule has 6 heteroatoms. The molecule has 1 aromatic carbocycles. The lowest BCUT2D eigenvalue weighted by atomic mass is 10.0. The zero-order chi connectivity index (χ0) is 11.5. The highest BCUT2D eigenvalue weighted by molar-refractivity contribution is 7.03. The Morgan fingerprint density at radius 3 is 2.81 bits per heavy atom. The molecule has 0 amide bonds. The van der Waals surface area contributed by atoms with E-state index in [9.17, 15) is 8.78 Å². The molecule has 3 nitrogen and oxygen atoms in total. The fourth-order valence-electron chi connectivity index (χ4n) is 1.50. The van der Waals surface area contributed by atoms with Gasteiger partial charge in [0.15, 0.2) is 0 Å². The van der Waals surface area contributed by atoms with Gasteiger partial charge in [-0.2, -0.15) is 0 Å².